The molecule has 2 amide bonds. The second-order valence-electron chi connectivity index (χ2n) is 7.73. The number of pyridine rings is 1. The molecule has 2 atom stereocenters. The van der Waals surface area contributed by atoms with Gasteiger partial charge in [0, 0.05) is 17.8 Å². The summed E-state index contributed by atoms with van der Waals surface area (Å²) in [6.45, 7) is 2.38. The number of carbonyl (C=O) groups excluding carboxylic acids is 1. The van der Waals surface area contributed by atoms with E-state index in [2.05, 4.69) is 19.8 Å². The molecule has 0 bridgehead atoms. The highest BCUT2D eigenvalue weighted by Gasteiger charge is 2.29. The van der Waals surface area contributed by atoms with Gasteiger partial charge in [0.05, 0.1) is 25.5 Å². The van der Waals surface area contributed by atoms with Gasteiger partial charge in [-0.15, -0.1) is 4.36 Å². The van der Waals surface area contributed by atoms with Crippen LogP contribution in [0.3, 0.4) is 0 Å². The third kappa shape index (κ3) is 3.49. The SMILES string of the molecule is COc1cc(-c2ccc3c(c2NC(=O)N=[S@](N)(=O)c2cnn4c2O[C@@H](C)C4)CC3)ccn1. The van der Waals surface area contributed by atoms with Gasteiger partial charge in [0.1, 0.15) is 11.0 Å². The number of benzene rings is 1. The lowest BCUT2D eigenvalue weighted by atomic mass is 9.84. The fourth-order valence-corrected chi connectivity index (χ4v) is 4.94. The molecule has 0 saturated heterocycles. The molecule has 0 radical (unpaired) electrons. The average Bonchev–Trinajstić information content (AvgIpc) is 3.28. The normalized spacial score (nSPS) is 17.9. The number of fused-ring (bicyclic) bond motifs is 2. The van der Waals surface area contributed by atoms with Crippen LogP contribution in [0, 0.1) is 0 Å². The Balaban J connectivity index is 1.50. The second-order valence-corrected chi connectivity index (χ2v) is 9.49. The highest BCUT2D eigenvalue weighted by Crippen LogP contribution is 2.39. The second kappa shape index (κ2) is 7.61. The molecule has 166 valence electrons. The summed E-state index contributed by atoms with van der Waals surface area (Å²) in [5.74, 6) is 0.747. The smallest absolute Gasteiger partial charge is 0.354 e. The first-order valence-corrected chi connectivity index (χ1v) is 11.7. The Labute approximate surface area is 185 Å². The molecule has 0 unspecified atom stereocenters. The van der Waals surface area contributed by atoms with E-state index in [0.717, 1.165) is 35.1 Å². The Bertz CT molecular complexity index is 1360. The minimum atomic E-state index is -3.55. The van der Waals surface area contributed by atoms with Crippen LogP contribution in [0.2, 0.25) is 0 Å². The number of rotatable bonds is 4. The van der Waals surface area contributed by atoms with Crippen molar-refractivity contribution in [3.05, 3.63) is 47.8 Å². The lowest BCUT2D eigenvalue weighted by molar-refractivity contribution is 0.248. The molecular weight excluding hydrogens is 432 g/mol. The van der Waals surface area contributed by atoms with Gasteiger partial charge in [0.25, 0.3) is 0 Å². The first-order chi connectivity index (χ1) is 15.4. The number of aryl methyl sites for hydroxylation is 1. The number of methoxy groups -OCH3 is 1. The zero-order chi connectivity index (χ0) is 22.5. The van der Waals surface area contributed by atoms with Crippen molar-refractivity contribution in [2.45, 2.75) is 37.3 Å². The number of anilines is 1. The number of amides is 2. The van der Waals surface area contributed by atoms with Gasteiger partial charge in [-0.25, -0.2) is 23.8 Å². The van der Waals surface area contributed by atoms with Crippen molar-refractivity contribution in [3.63, 3.8) is 0 Å². The summed E-state index contributed by atoms with van der Waals surface area (Å²) in [6.07, 6.45) is 4.61. The Kier molecular flexibility index (Phi) is 4.86. The van der Waals surface area contributed by atoms with Gasteiger partial charge >= 0.3 is 6.03 Å². The molecular formula is C21H22N6O4S. The number of nitrogens with one attached hydrogen (secondary N) is 1. The number of aromatic nitrogens is 3. The fourth-order valence-electron chi connectivity index (χ4n) is 3.95. The number of hydrogen-bond donors (Lipinski definition) is 2. The molecule has 3 heterocycles. The first-order valence-electron chi connectivity index (χ1n) is 10.1. The lowest BCUT2D eigenvalue weighted by Gasteiger charge is -2.25. The van der Waals surface area contributed by atoms with Crippen molar-refractivity contribution in [2.75, 3.05) is 12.4 Å². The third-order valence-electron chi connectivity index (χ3n) is 5.58. The van der Waals surface area contributed by atoms with Crippen LogP contribution >= 0.6 is 0 Å². The van der Waals surface area contributed by atoms with Crippen LogP contribution in [-0.2, 0) is 29.3 Å². The van der Waals surface area contributed by atoms with Crippen LogP contribution in [0.25, 0.3) is 11.1 Å². The molecule has 11 heteroatoms. The molecule has 3 aromatic rings. The van der Waals surface area contributed by atoms with E-state index in [0.29, 0.717) is 18.1 Å². The highest BCUT2D eigenvalue weighted by molar-refractivity contribution is 7.91. The number of hydrogen-bond acceptors (Lipinski definition) is 6. The average molecular weight is 455 g/mol. The minimum Gasteiger partial charge on any atom is -0.481 e. The summed E-state index contributed by atoms with van der Waals surface area (Å²) in [6, 6.07) is 6.78. The molecule has 0 spiro atoms. The molecule has 2 aliphatic rings. The largest absolute Gasteiger partial charge is 0.481 e. The highest BCUT2D eigenvalue weighted by atomic mass is 32.2. The van der Waals surface area contributed by atoms with Crippen LogP contribution in [0.4, 0.5) is 10.5 Å². The van der Waals surface area contributed by atoms with Gasteiger partial charge < -0.3 is 14.8 Å². The van der Waals surface area contributed by atoms with E-state index in [1.807, 2.05) is 25.1 Å². The molecule has 5 rings (SSSR count). The van der Waals surface area contributed by atoms with E-state index < -0.39 is 15.9 Å². The van der Waals surface area contributed by atoms with Gasteiger partial charge in [-0.1, -0.05) is 12.1 Å². The van der Waals surface area contributed by atoms with E-state index in [4.69, 9.17) is 14.6 Å². The Morgan fingerprint density at radius 1 is 1.38 bits per heavy atom. The van der Waals surface area contributed by atoms with E-state index in [1.165, 1.54) is 6.20 Å². The zero-order valence-corrected chi connectivity index (χ0v) is 18.4. The Morgan fingerprint density at radius 3 is 2.97 bits per heavy atom. The van der Waals surface area contributed by atoms with Crippen molar-refractivity contribution in [2.24, 2.45) is 9.50 Å². The van der Waals surface area contributed by atoms with E-state index in [-0.39, 0.29) is 16.9 Å². The molecule has 32 heavy (non-hydrogen) atoms. The number of urea groups is 1. The quantitative estimate of drug-likeness (QED) is 0.623. The van der Waals surface area contributed by atoms with Crippen molar-refractivity contribution >= 4 is 21.6 Å². The van der Waals surface area contributed by atoms with Crippen molar-refractivity contribution in [1.29, 1.82) is 0 Å². The number of nitrogens with zero attached hydrogens (tertiary/aromatic N) is 4. The summed E-state index contributed by atoms with van der Waals surface area (Å²) < 4.78 is 29.3. The van der Waals surface area contributed by atoms with Crippen molar-refractivity contribution in [3.8, 4) is 22.9 Å². The summed E-state index contributed by atoms with van der Waals surface area (Å²) in [4.78, 5) is 17.1. The zero-order valence-electron chi connectivity index (χ0n) is 17.6. The topological polar surface area (TPSA) is 134 Å². The molecule has 1 aliphatic heterocycles. The summed E-state index contributed by atoms with van der Waals surface area (Å²) in [5.41, 5.74) is 4.41. The van der Waals surface area contributed by atoms with Crippen LogP contribution in [0.5, 0.6) is 11.8 Å². The first kappa shape index (κ1) is 20.5. The summed E-state index contributed by atoms with van der Waals surface area (Å²) in [5, 5.41) is 12.9. The molecule has 3 N–H and O–H groups in total. The van der Waals surface area contributed by atoms with Crippen LogP contribution in [-0.4, -0.2) is 38.2 Å². The maximum atomic E-state index is 13.1. The fraction of sp³-hybridized carbons (Fsp3) is 0.286. The van der Waals surface area contributed by atoms with E-state index in [1.54, 1.807) is 24.1 Å². The molecule has 2 aromatic heterocycles. The van der Waals surface area contributed by atoms with Gasteiger partial charge in [-0.05, 0) is 42.5 Å². The van der Waals surface area contributed by atoms with Crippen LogP contribution in [0.15, 0.2) is 45.9 Å². The minimum absolute atomic E-state index is 0.108. The monoisotopic (exact) mass is 454 g/mol. The summed E-state index contributed by atoms with van der Waals surface area (Å²) in [7, 11) is -2.01. The molecule has 1 aromatic carbocycles. The Hall–Kier alpha value is -3.44. The van der Waals surface area contributed by atoms with E-state index >= 15 is 0 Å². The standard InChI is InChI=1S/C21H22N6O4S/c1-12-11-27-20(31-12)17(10-24-27)32(22,29)26-21(28)25-19-15-5-3-13(15)4-6-16(19)14-7-8-23-18(9-14)30-2/h4,6-10,12H,3,5,11H2,1-2H3,(H3,22,25,26,28,29)/t12-,32-/m0/s1. The van der Waals surface area contributed by atoms with Crippen molar-refractivity contribution < 1.29 is 18.5 Å². The lowest BCUT2D eigenvalue weighted by Crippen LogP contribution is -2.20. The van der Waals surface area contributed by atoms with Gasteiger partial charge in [0.15, 0.2) is 9.92 Å². The number of ether oxygens (including phenoxy) is 2. The summed E-state index contributed by atoms with van der Waals surface area (Å²) >= 11 is 0. The number of nitrogens with two attached hydrogens (primary N) is 1. The predicted molar refractivity (Wildman–Crippen MR) is 118 cm³/mol. The van der Waals surface area contributed by atoms with E-state index in [9.17, 15) is 9.00 Å². The molecule has 10 nitrogen and oxygen atoms in total. The predicted octanol–water partition coefficient (Wildman–Crippen LogP) is 2.77. The van der Waals surface area contributed by atoms with Crippen molar-refractivity contribution in [1.82, 2.24) is 14.8 Å². The Morgan fingerprint density at radius 2 is 2.22 bits per heavy atom. The van der Waals surface area contributed by atoms with Gasteiger partial charge in [0.2, 0.25) is 11.8 Å². The van der Waals surface area contributed by atoms with Crippen LogP contribution in [0.1, 0.15) is 18.1 Å². The number of carbonyl (C=O) groups is 1. The van der Waals surface area contributed by atoms with Crippen LogP contribution < -0.4 is 19.9 Å². The maximum Gasteiger partial charge on any atom is 0.354 e. The maximum absolute atomic E-state index is 13.1. The molecule has 0 saturated carbocycles. The van der Waals surface area contributed by atoms with Gasteiger partial charge in [-0.3, -0.25) is 0 Å². The third-order valence-corrected chi connectivity index (χ3v) is 6.92. The molecule has 1 aliphatic carbocycles. The molecule has 0 fully saturated rings. The van der Waals surface area contributed by atoms with Gasteiger partial charge in [-0.2, -0.15) is 5.10 Å².